The quantitative estimate of drug-likeness (QED) is 0.505. The predicted octanol–water partition coefficient (Wildman–Crippen LogP) is 4.81. The molecule has 1 N–H and O–H groups in total. The van der Waals surface area contributed by atoms with Crippen LogP contribution in [0.5, 0.6) is 5.88 Å². The number of hydrogen-bond acceptors (Lipinski definition) is 8. The summed E-state index contributed by atoms with van der Waals surface area (Å²) < 4.78 is 28.2. The highest BCUT2D eigenvalue weighted by Crippen LogP contribution is 2.38. The summed E-state index contributed by atoms with van der Waals surface area (Å²) in [6.07, 6.45) is 7.29. The van der Waals surface area contributed by atoms with Crippen molar-refractivity contribution in [2.45, 2.75) is 71.6 Å². The number of fused-ring (bicyclic) bond motifs is 2. The lowest BCUT2D eigenvalue weighted by Gasteiger charge is -2.38. The lowest BCUT2D eigenvalue weighted by molar-refractivity contribution is 0.0202. The Morgan fingerprint density at radius 1 is 1.16 bits per heavy atom. The second-order valence-electron chi connectivity index (χ2n) is 10.9. The highest BCUT2D eigenvalue weighted by Gasteiger charge is 2.45. The first-order valence-electron chi connectivity index (χ1n) is 12.5. The van der Waals surface area contributed by atoms with Crippen molar-refractivity contribution < 1.29 is 18.7 Å². The molecule has 0 spiro atoms. The number of ether oxygens (including phenoxy) is 2. The van der Waals surface area contributed by atoms with Crippen molar-refractivity contribution in [3.05, 3.63) is 48.6 Å². The van der Waals surface area contributed by atoms with Crippen molar-refractivity contribution in [2.75, 3.05) is 11.9 Å². The first-order valence-corrected chi connectivity index (χ1v) is 12.5. The van der Waals surface area contributed by atoms with Crippen molar-refractivity contribution in [2.24, 2.45) is 5.41 Å². The highest BCUT2D eigenvalue weighted by molar-refractivity contribution is 5.69. The van der Waals surface area contributed by atoms with Gasteiger partial charge in [0.1, 0.15) is 36.7 Å². The average Bonchev–Trinajstić information content (AvgIpc) is 3.47. The molecule has 4 heterocycles. The normalized spacial score (nSPS) is 21.1. The molecule has 0 saturated carbocycles. The molecule has 2 unspecified atom stereocenters. The van der Waals surface area contributed by atoms with E-state index in [2.05, 4.69) is 25.4 Å². The molecule has 0 radical (unpaired) electrons. The van der Waals surface area contributed by atoms with Gasteiger partial charge in [0.25, 0.3) is 0 Å². The second kappa shape index (κ2) is 9.95. The molecule has 2 aromatic heterocycles. The van der Waals surface area contributed by atoms with Crippen LogP contribution in [0.4, 0.5) is 20.7 Å². The molecule has 11 heteroatoms. The Balaban J connectivity index is 1.24. The molecule has 0 aliphatic carbocycles. The summed E-state index contributed by atoms with van der Waals surface area (Å²) >= 11 is 0. The molecule has 2 aliphatic heterocycles. The molecule has 5 rings (SSSR count). The van der Waals surface area contributed by atoms with Crippen LogP contribution in [0.15, 0.2) is 37.2 Å². The third kappa shape index (κ3) is 5.50. The summed E-state index contributed by atoms with van der Waals surface area (Å²) in [6.45, 7) is 8.37. The van der Waals surface area contributed by atoms with Gasteiger partial charge in [-0.15, -0.1) is 0 Å². The van der Waals surface area contributed by atoms with E-state index in [1.165, 1.54) is 29.7 Å². The van der Waals surface area contributed by atoms with Crippen LogP contribution in [0.3, 0.4) is 0 Å². The minimum Gasteiger partial charge on any atom is -0.474 e. The zero-order valence-corrected chi connectivity index (χ0v) is 21.5. The monoisotopic (exact) mass is 509 g/mol. The summed E-state index contributed by atoms with van der Waals surface area (Å²) in [5.41, 5.74) is 1.44. The number of piperidine rings is 1. The molecule has 10 nitrogen and oxygen atoms in total. The summed E-state index contributed by atoms with van der Waals surface area (Å²) in [6, 6.07) is 4.92. The van der Waals surface area contributed by atoms with Crippen LogP contribution in [-0.4, -0.2) is 60.5 Å². The largest absolute Gasteiger partial charge is 0.474 e. The van der Waals surface area contributed by atoms with Crippen molar-refractivity contribution >= 4 is 17.6 Å². The van der Waals surface area contributed by atoms with Crippen LogP contribution in [-0.2, 0) is 4.74 Å². The number of nitrogens with zero attached hydrogens (tertiary/aromatic N) is 6. The van der Waals surface area contributed by atoms with E-state index >= 15 is 0 Å². The maximum atomic E-state index is 14.8. The van der Waals surface area contributed by atoms with Crippen LogP contribution >= 0.6 is 0 Å². The fourth-order valence-corrected chi connectivity index (χ4v) is 4.93. The van der Waals surface area contributed by atoms with Gasteiger partial charge in [0, 0.05) is 31.0 Å². The van der Waals surface area contributed by atoms with Crippen LogP contribution in [0.2, 0.25) is 0 Å². The summed E-state index contributed by atoms with van der Waals surface area (Å²) in [4.78, 5) is 27.2. The zero-order valence-electron chi connectivity index (χ0n) is 21.5. The van der Waals surface area contributed by atoms with Crippen molar-refractivity contribution in [3.8, 4) is 11.6 Å². The third-order valence-electron chi connectivity index (χ3n) is 6.73. The van der Waals surface area contributed by atoms with Gasteiger partial charge < -0.3 is 19.7 Å². The van der Waals surface area contributed by atoms with Gasteiger partial charge in [-0.05, 0) is 37.3 Å². The third-order valence-corrected chi connectivity index (χ3v) is 6.73. The number of benzene rings is 1. The van der Waals surface area contributed by atoms with Gasteiger partial charge in [-0.1, -0.05) is 20.8 Å². The minimum atomic E-state index is -0.448. The number of hydrogen-bond donors (Lipinski definition) is 1. The molecule has 2 aliphatic rings. The van der Waals surface area contributed by atoms with E-state index < -0.39 is 5.82 Å². The topological polar surface area (TPSA) is 107 Å². The fraction of sp³-hybridized carbons (Fsp3) is 0.500. The molecular weight excluding hydrogens is 477 g/mol. The molecule has 2 atom stereocenters. The van der Waals surface area contributed by atoms with Gasteiger partial charge in [0.2, 0.25) is 5.88 Å². The number of carbonyl (C=O) groups excluding carboxylic acids is 1. The van der Waals surface area contributed by atoms with Gasteiger partial charge >= 0.3 is 6.09 Å². The second-order valence-corrected chi connectivity index (χ2v) is 10.9. The van der Waals surface area contributed by atoms with E-state index in [4.69, 9.17) is 9.47 Å². The number of rotatable bonds is 6. The Hall–Kier alpha value is -3.76. The maximum Gasteiger partial charge on any atom is 0.410 e. The average molecular weight is 510 g/mol. The standard InChI is InChI=1S/C26H32FN7O3/c1-16-23(32-22-8-7-17(11-21(22)27)33-15-28-13-31-33)29-14-30-24(16)37-20-9-18-5-6-19(10-20)34(18)25(35)36-12-26(2,3)4/h7-8,11,13-15,18-20H,5-6,9-10,12H2,1-4H3,(H,29,30,32). The first kappa shape index (κ1) is 24.9. The number of halogens is 1. The molecule has 1 aromatic carbocycles. The van der Waals surface area contributed by atoms with Gasteiger partial charge in [-0.25, -0.2) is 28.8 Å². The van der Waals surface area contributed by atoms with E-state index in [-0.39, 0.29) is 35.4 Å². The number of nitrogens with one attached hydrogen (secondary N) is 1. The lowest BCUT2D eigenvalue weighted by Crippen LogP contribution is -2.49. The molecule has 37 heavy (non-hydrogen) atoms. The molecule has 2 saturated heterocycles. The Morgan fingerprint density at radius 3 is 2.57 bits per heavy atom. The number of aromatic nitrogens is 5. The minimum absolute atomic E-state index is 0.0748. The van der Waals surface area contributed by atoms with Crippen LogP contribution in [0.25, 0.3) is 5.69 Å². The summed E-state index contributed by atoms with van der Waals surface area (Å²) in [5.74, 6) is 0.463. The van der Waals surface area contributed by atoms with Crippen LogP contribution in [0.1, 0.15) is 52.0 Å². The van der Waals surface area contributed by atoms with Gasteiger partial charge in [0.05, 0.1) is 23.5 Å². The van der Waals surface area contributed by atoms with Crippen molar-refractivity contribution in [1.29, 1.82) is 0 Å². The number of amides is 1. The van der Waals surface area contributed by atoms with E-state index in [0.717, 1.165) is 12.8 Å². The van der Waals surface area contributed by atoms with Gasteiger partial charge in [0.15, 0.2) is 0 Å². The Kier molecular flexibility index (Phi) is 6.70. The molecule has 3 aromatic rings. The number of carbonyl (C=O) groups is 1. The summed E-state index contributed by atoms with van der Waals surface area (Å²) in [7, 11) is 0. The van der Waals surface area contributed by atoms with E-state index in [1.54, 1.807) is 12.1 Å². The maximum absolute atomic E-state index is 14.8. The van der Waals surface area contributed by atoms with Crippen molar-refractivity contribution in [1.82, 2.24) is 29.6 Å². The Morgan fingerprint density at radius 2 is 1.92 bits per heavy atom. The van der Waals surface area contributed by atoms with E-state index in [0.29, 0.717) is 42.4 Å². The lowest BCUT2D eigenvalue weighted by atomic mass is 9.98. The predicted molar refractivity (Wildman–Crippen MR) is 134 cm³/mol. The zero-order chi connectivity index (χ0) is 26.2. The summed E-state index contributed by atoms with van der Waals surface area (Å²) in [5, 5.41) is 7.07. The highest BCUT2D eigenvalue weighted by atomic mass is 19.1. The molecular formula is C26H32FN7O3. The van der Waals surface area contributed by atoms with E-state index in [1.807, 2.05) is 32.6 Å². The SMILES string of the molecule is Cc1c(Nc2ccc(-n3cncn3)cc2F)ncnc1OC1CC2CCC(C1)N2C(=O)OCC(C)(C)C. The molecule has 2 bridgehead atoms. The van der Waals surface area contributed by atoms with Crippen LogP contribution < -0.4 is 10.1 Å². The Labute approximate surface area is 215 Å². The van der Waals surface area contributed by atoms with Crippen LogP contribution in [0, 0.1) is 18.2 Å². The van der Waals surface area contributed by atoms with Gasteiger partial charge in [-0.2, -0.15) is 5.10 Å². The molecule has 1 amide bonds. The van der Waals surface area contributed by atoms with Crippen molar-refractivity contribution in [3.63, 3.8) is 0 Å². The Bertz CT molecular complexity index is 1250. The first-order chi connectivity index (χ1) is 17.7. The van der Waals surface area contributed by atoms with E-state index in [9.17, 15) is 9.18 Å². The van der Waals surface area contributed by atoms with Gasteiger partial charge in [-0.3, -0.25) is 0 Å². The number of anilines is 2. The smallest absolute Gasteiger partial charge is 0.410 e. The fourth-order valence-electron chi connectivity index (χ4n) is 4.93. The molecule has 2 fully saturated rings. The molecule has 196 valence electrons.